The molecule has 1 atom stereocenters. The molecule has 1 heterocycles. The number of carbonyl (C=O) groups is 1. The van der Waals surface area contributed by atoms with Crippen molar-refractivity contribution >= 4 is 55.4 Å². The lowest BCUT2D eigenvalue weighted by atomic mass is 10.0. The van der Waals surface area contributed by atoms with Crippen molar-refractivity contribution in [1.29, 1.82) is 0 Å². The zero-order valence-electron chi connectivity index (χ0n) is 22.5. The number of anilines is 1. The van der Waals surface area contributed by atoms with Gasteiger partial charge in [0.25, 0.3) is 11.5 Å². The van der Waals surface area contributed by atoms with Crippen molar-refractivity contribution in [2.45, 2.75) is 33.1 Å². The maximum atomic E-state index is 13.6. The number of amides is 1. The van der Waals surface area contributed by atoms with Crippen molar-refractivity contribution in [1.82, 2.24) is 9.66 Å². The fourth-order valence-corrected chi connectivity index (χ4v) is 4.77. The highest BCUT2D eigenvalue weighted by atomic mass is 79.9. The summed E-state index contributed by atoms with van der Waals surface area (Å²) in [5.74, 6) is 0.793. The Morgan fingerprint density at radius 1 is 1.07 bits per heavy atom. The van der Waals surface area contributed by atoms with E-state index in [4.69, 9.17) is 9.72 Å². The summed E-state index contributed by atoms with van der Waals surface area (Å²) < 4.78 is 8.16. The van der Waals surface area contributed by atoms with Crippen molar-refractivity contribution in [3.8, 4) is 5.75 Å². The Balaban J connectivity index is 1.53. The number of rotatable bonds is 8. The van der Waals surface area contributed by atoms with Gasteiger partial charge >= 0.3 is 0 Å². The van der Waals surface area contributed by atoms with Gasteiger partial charge in [0.1, 0.15) is 11.6 Å². The van der Waals surface area contributed by atoms with Crippen LogP contribution in [-0.4, -0.2) is 28.4 Å². The van der Waals surface area contributed by atoms with Crippen LogP contribution in [0, 0.1) is 6.92 Å². The van der Waals surface area contributed by atoms with E-state index in [-0.39, 0.29) is 24.0 Å². The summed E-state index contributed by atoms with van der Waals surface area (Å²) in [6.45, 7) is 5.88. The Bertz CT molecular complexity index is 1800. The van der Waals surface area contributed by atoms with Gasteiger partial charge in [0.2, 0.25) is 0 Å². The number of ether oxygens (including phenoxy) is 1. The van der Waals surface area contributed by atoms with Crippen LogP contribution in [0.1, 0.15) is 43.1 Å². The number of aromatic nitrogens is 2. The average Bonchev–Trinajstić information content (AvgIpc) is 2.96. The predicted octanol–water partition coefficient (Wildman–Crippen LogP) is 7.03. The van der Waals surface area contributed by atoms with Crippen molar-refractivity contribution in [2.24, 2.45) is 5.10 Å². The average molecular weight is 598 g/mol. The van der Waals surface area contributed by atoms with Crippen LogP contribution >= 0.6 is 15.9 Å². The van der Waals surface area contributed by atoms with Gasteiger partial charge in [-0.05, 0) is 60.5 Å². The van der Waals surface area contributed by atoms with E-state index < -0.39 is 0 Å². The molecule has 0 radical (unpaired) electrons. The van der Waals surface area contributed by atoms with E-state index in [9.17, 15) is 9.59 Å². The van der Waals surface area contributed by atoms with Crippen molar-refractivity contribution in [3.05, 3.63) is 111 Å². The van der Waals surface area contributed by atoms with Crippen LogP contribution < -0.4 is 15.6 Å². The molecule has 1 N–H and O–H groups in total. The van der Waals surface area contributed by atoms with Crippen molar-refractivity contribution in [3.63, 3.8) is 0 Å². The van der Waals surface area contributed by atoms with E-state index in [2.05, 4.69) is 33.3 Å². The van der Waals surface area contributed by atoms with Gasteiger partial charge in [-0.1, -0.05) is 77.8 Å². The van der Waals surface area contributed by atoms with Crippen LogP contribution in [0.15, 0.2) is 93.2 Å². The third-order valence-electron chi connectivity index (χ3n) is 6.81. The second kappa shape index (κ2) is 11.8. The topological polar surface area (TPSA) is 85.6 Å². The molecule has 7 nitrogen and oxygen atoms in total. The Morgan fingerprint density at radius 2 is 1.85 bits per heavy atom. The molecular weight excluding hydrogens is 568 g/mol. The van der Waals surface area contributed by atoms with Gasteiger partial charge in [-0.25, -0.2) is 4.98 Å². The van der Waals surface area contributed by atoms with Crippen LogP contribution in [0.2, 0.25) is 0 Å². The highest BCUT2D eigenvalue weighted by Crippen LogP contribution is 2.27. The largest absolute Gasteiger partial charge is 0.483 e. The van der Waals surface area contributed by atoms with Gasteiger partial charge in [0, 0.05) is 21.6 Å². The summed E-state index contributed by atoms with van der Waals surface area (Å²) in [5.41, 5.74) is 2.85. The lowest BCUT2D eigenvalue weighted by molar-refractivity contribution is -0.118. The van der Waals surface area contributed by atoms with Gasteiger partial charge in [0.15, 0.2) is 6.61 Å². The van der Waals surface area contributed by atoms with E-state index in [1.165, 1.54) is 4.68 Å². The molecule has 0 saturated carbocycles. The summed E-state index contributed by atoms with van der Waals surface area (Å²) in [4.78, 5) is 31.0. The Labute approximate surface area is 240 Å². The number of fused-ring (bicyclic) bond motifs is 2. The number of carbonyl (C=O) groups excluding carboxylic acids is 1. The summed E-state index contributed by atoms with van der Waals surface area (Å²) >= 11 is 3.45. The highest BCUT2D eigenvalue weighted by molar-refractivity contribution is 9.10. The summed E-state index contributed by atoms with van der Waals surface area (Å²) in [5, 5.41) is 9.85. The lowest BCUT2D eigenvalue weighted by Crippen LogP contribution is -2.24. The zero-order chi connectivity index (χ0) is 28.2. The number of hydrogen-bond acceptors (Lipinski definition) is 5. The molecular formula is C32H29BrN4O3. The van der Waals surface area contributed by atoms with Crippen molar-refractivity contribution < 1.29 is 9.53 Å². The van der Waals surface area contributed by atoms with Gasteiger partial charge in [-0.3, -0.25) is 9.59 Å². The molecule has 0 aliphatic heterocycles. The molecule has 0 aliphatic carbocycles. The second-order valence-electron chi connectivity index (χ2n) is 9.70. The van der Waals surface area contributed by atoms with Gasteiger partial charge in [0.05, 0.1) is 17.1 Å². The predicted molar refractivity (Wildman–Crippen MR) is 165 cm³/mol. The summed E-state index contributed by atoms with van der Waals surface area (Å²) in [6, 6.07) is 24.6. The van der Waals surface area contributed by atoms with Crippen LogP contribution in [0.4, 0.5) is 5.69 Å². The van der Waals surface area contributed by atoms with Crippen LogP contribution in [0.3, 0.4) is 0 Å². The smallest absolute Gasteiger partial charge is 0.282 e. The molecule has 4 aromatic carbocycles. The van der Waals surface area contributed by atoms with Crippen molar-refractivity contribution in [2.75, 3.05) is 11.9 Å². The molecule has 1 aromatic heterocycles. The third kappa shape index (κ3) is 5.82. The molecule has 8 heteroatoms. The first-order chi connectivity index (χ1) is 19.3. The molecule has 5 rings (SSSR count). The maximum absolute atomic E-state index is 13.6. The van der Waals surface area contributed by atoms with E-state index in [0.29, 0.717) is 33.7 Å². The van der Waals surface area contributed by atoms with Crippen LogP contribution in [0.25, 0.3) is 21.7 Å². The highest BCUT2D eigenvalue weighted by Gasteiger charge is 2.16. The van der Waals surface area contributed by atoms with Crippen LogP contribution in [0.5, 0.6) is 5.75 Å². The molecule has 0 bridgehead atoms. The molecule has 5 aromatic rings. The minimum Gasteiger partial charge on any atom is -0.483 e. The van der Waals surface area contributed by atoms with Gasteiger partial charge in [-0.2, -0.15) is 9.78 Å². The molecule has 0 unspecified atom stereocenters. The Kier molecular flexibility index (Phi) is 8.07. The summed E-state index contributed by atoms with van der Waals surface area (Å²) in [6.07, 6.45) is 2.41. The molecule has 0 spiro atoms. The van der Waals surface area contributed by atoms with E-state index in [0.717, 1.165) is 27.2 Å². The Hall–Kier alpha value is -4.30. The first kappa shape index (κ1) is 27.3. The third-order valence-corrected chi connectivity index (χ3v) is 7.31. The minimum absolute atomic E-state index is 0.00612. The quantitative estimate of drug-likeness (QED) is 0.195. The molecule has 1 amide bonds. The first-order valence-electron chi connectivity index (χ1n) is 13.1. The minimum atomic E-state index is -0.278. The SMILES string of the molecule is CC[C@@H](C)c1nc2ccc(Br)cc2c(=O)n1N=Cc1c(OCC(=O)Nc2ccc(C)cc2)ccc2ccccc12. The number of hydrogen-bond donors (Lipinski definition) is 1. The van der Waals surface area contributed by atoms with Gasteiger partial charge in [-0.15, -0.1) is 0 Å². The molecule has 0 aliphatic rings. The maximum Gasteiger partial charge on any atom is 0.282 e. The Morgan fingerprint density at radius 3 is 2.62 bits per heavy atom. The number of aryl methyl sites for hydroxylation is 1. The van der Waals surface area contributed by atoms with E-state index >= 15 is 0 Å². The lowest BCUT2D eigenvalue weighted by Gasteiger charge is -2.15. The monoisotopic (exact) mass is 596 g/mol. The van der Waals surface area contributed by atoms with Gasteiger partial charge < -0.3 is 10.1 Å². The molecule has 202 valence electrons. The second-order valence-corrected chi connectivity index (χ2v) is 10.6. The molecule has 40 heavy (non-hydrogen) atoms. The molecule has 0 saturated heterocycles. The number of nitrogens with one attached hydrogen (secondary N) is 1. The van der Waals surface area contributed by atoms with Crippen LogP contribution in [-0.2, 0) is 4.79 Å². The van der Waals surface area contributed by atoms with E-state index in [1.54, 1.807) is 12.3 Å². The number of halogens is 1. The number of nitrogens with zero attached hydrogens (tertiary/aromatic N) is 3. The fourth-order valence-electron chi connectivity index (χ4n) is 4.41. The fraction of sp³-hybridized carbons (Fsp3) is 0.188. The normalized spacial score (nSPS) is 12.2. The summed E-state index contributed by atoms with van der Waals surface area (Å²) in [7, 11) is 0. The number of benzene rings is 4. The van der Waals surface area contributed by atoms with E-state index in [1.807, 2.05) is 86.6 Å². The standard InChI is InChI=1S/C32H29BrN4O3/c1-4-21(3)31-36-28-15-12-23(33)17-26(28)32(39)37(31)34-18-27-25-8-6-5-7-22(25)11-16-29(27)40-19-30(38)35-24-13-9-20(2)10-14-24/h5-18,21H,4,19H2,1-3H3,(H,35,38)/t21-/m1/s1. The zero-order valence-corrected chi connectivity index (χ0v) is 24.1. The molecule has 0 fully saturated rings. The first-order valence-corrected chi connectivity index (χ1v) is 13.9.